The summed E-state index contributed by atoms with van der Waals surface area (Å²) in [6.07, 6.45) is 0. The van der Waals surface area contributed by atoms with Crippen LogP contribution in [0.1, 0.15) is 33.7 Å². The number of furan rings is 1. The number of oxazole rings is 1. The predicted octanol–water partition coefficient (Wildman–Crippen LogP) is 1.37. The van der Waals surface area contributed by atoms with E-state index in [2.05, 4.69) is 9.71 Å². The van der Waals surface area contributed by atoms with Crippen LogP contribution in [0.4, 0.5) is 0 Å². The van der Waals surface area contributed by atoms with Gasteiger partial charge in [0.05, 0.1) is 12.2 Å². The van der Waals surface area contributed by atoms with Crippen LogP contribution in [0.2, 0.25) is 0 Å². The Kier molecular flexibility index (Phi) is 3.88. The molecule has 0 aliphatic rings. The largest absolute Gasteiger partial charge is 0.475 e. The molecule has 0 amide bonds. The minimum absolute atomic E-state index is 0.000310. The van der Waals surface area contributed by atoms with E-state index in [1.807, 2.05) is 0 Å². The van der Waals surface area contributed by atoms with Gasteiger partial charge < -0.3 is 13.9 Å². The summed E-state index contributed by atoms with van der Waals surface area (Å²) in [6.45, 7) is 4.71. The van der Waals surface area contributed by atoms with E-state index in [-0.39, 0.29) is 23.1 Å². The molecular weight excluding hydrogens is 300 g/mol. The molecule has 8 nitrogen and oxygen atoms in total. The zero-order valence-electron chi connectivity index (χ0n) is 11.6. The lowest BCUT2D eigenvalue weighted by molar-refractivity contribution is 0.0661. The molecule has 2 aromatic heterocycles. The van der Waals surface area contributed by atoms with Crippen molar-refractivity contribution in [2.75, 3.05) is 0 Å². The number of hydrogen-bond acceptors (Lipinski definition) is 6. The molecule has 0 bridgehead atoms. The van der Waals surface area contributed by atoms with Gasteiger partial charge in [0.25, 0.3) is 0 Å². The number of carbonyl (C=O) groups is 1. The molecule has 2 N–H and O–H groups in total. The Morgan fingerprint density at radius 3 is 2.43 bits per heavy atom. The van der Waals surface area contributed by atoms with Crippen LogP contribution in [0.25, 0.3) is 0 Å². The number of aromatic carboxylic acids is 1. The Bertz CT molecular complexity index is 767. The van der Waals surface area contributed by atoms with Gasteiger partial charge in [0, 0.05) is 6.07 Å². The average molecular weight is 314 g/mol. The van der Waals surface area contributed by atoms with E-state index in [0.29, 0.717) is 11.5 Å². The summed E-state index contributed by atoms with van der Waals surface area (Å²) in [5, 5.41) is 8.80. The molecule has 0 radical (unpaired) electrons. The first kappa shape index (κ1) is 15.3. The van der Waals surface area contributed by atoms with E-state index < -0.39 is 21.8 Å². The number of nitrogens with one attached hydrogen (secondary N) is 1. The van der Waals surface area contributed by atoms with E-state index in [1.165, 1.54) is 6.92 Å². The van der Waals surface area contributed by atoms with Gasteiger partial charge in [-0.25, -0.2) is 22.9 Å². The topological polar surface area (TPSA) is 123 Å². The zero-order chi connectivity index (χ0) is 15.8. The quantitative estimate of drug-likeness (QED) is 0.854. The summed E-state index contributed by atoms with van der Waals surface area (Å²) in [4.78, 5) is 14.6. The smallest absolute Gasteiger partial charge is 0.371 e. The highest BCUT2D eigenvalue weighted by atomic mass is 32.2. The molecular formula is C12H14N2O6S. The zero-order valence-corrected chi connectivity index (χ0v) is 12.4. The van der Waals surface area contributed by atoms with Crippen molar-refractivity contribution in [2.45, 2.75) is 32.2 Å². The van der Waals surface area contributed by atoms with Crippen molar-refractivity contribution in [3.05, 3.63) is 34.9 Å². The van der Waals surface area contributed by atoms with E-state index >= 15 is 0 Å². The summed E-state index contributed by atoms with van der Waals surface area (Å²) in [7, 11) is -3.91. The number of sulfonamides is 1. The van der Waals surface area contributed by atoms with Crippen LogP contribution >= 0.6 is 0 Å². The van der Waals surface area contributed by atoms with Crippen LogP contribution < -0.4 is 4.72 Å². The lowest BCUT2D eigenvalue weighted by Gasteiger charge is -2.02. The van der Waals surface area contributed by atoms with Gasteiger partial charge >= 0.3 is 5.97 Å². The molecule has 114 valence electrons. The minimum atomic E-state index is -3.91. The summed E-state index contributed by atoms with van der Waals surface area (Å²) in [5.41, 5.74) is 0.678. The van der Waals surface area contributed by atoms with Gasteiger partial charge in [-0.1, -0.05) is 0 Å². The van der Waals surface area contributed by atoms with Gasteiger partial charge in [-0.3, -0.25) is 0 Å². The average Bonchev–Trinajstić information content (AvgIpc) is 2.92. The fourth-order valence-electron chi connectivity index (χ4n) is 1.69. The van der Waals surface area contributed by atoms with Crippen molar-refractivity contribution in [3.63, 3.8) is 0 Å². The highest BCUT2D eigenvalue weighted by molar-refractivity contribution is 7.89. The van der Waals surface area contributed by atoms with Gasteiger partial charge in [0.1, 0.15) is 16.4 Å². The lowest BCUT2D eigenvalue weighted by Crippen LogP contribution is -2.23. The Balaban J connectivity index is 2.20. The lowest BCUT2D eigenvalue weighted by atomic mass is 10.4. The summed E-state index contributed by atoms with van der Waals surface area (Å²) >= 11 is 0. The maximum atomic E-state index is 12.1. The molecule has 0 aliphatic heterocycles. The van der Waals surface area contributed by atoms with Gasteiger partial charge in [0.15, 0.2) is 0 Å². The van der Waals surface area contributed by atoms with Crippen LogP contribution in [0, 0.1) is 20.8 Å². The van der Waals surface area contributed by atoms with Crippen LogP contribution in [0.15, 0.2) is 19.8 Å². The molecule has 0 saturated heterocycles. The minimum Gasteiger partial charge on any atom is -0.475 e. The van der Waals surface area contributed by atoms with Gasteiger partial charge in [0.2, 0.25) is 21.7 Å². The van der Waals surface area contributed by atoms with E-state index in [9.17, 15) is 13.2 Å². The van der Waals surface area contributed by atoms with Crippen LogP contribution in [0.3, 0.4) is 0 Å². The third kappa shape index (κ3) is 3.14. The summed E-state index contributed by atoms with van der Waals surface area (Å²) in [6, 6.07) is 0.964. The molecule has 0 aromatic carbocycles. The standard InChI is InChI=1S/C12H14N2O6S/c1-6-7(2)20-11(14-6)5-13-21(17,18)10-4-9(12(15)16)19-8(10)3/h4,13H,5H2,1-3H3,(H,15,16). The number of aromatic nitrogens is 1. The first-order valence-corrected chi connectivity index (χ1v) is 7.45. The number of rotatable bonds is 5. The Hall–Kier alpha value is -2.13. The third-order valence-corrected chi connectivity index (χ3v) is 4.37. The summed E-state index contributed by atoms with van der Waals surface area (Å²) < 4.78 is 36.7. The molecule has 0 spiro atoms. The SMILES string of the molecule is Cc1nc(CNS(=O)(=O)c2cc(C(=O)O)oc2C)oc1C. The van der Waals surface area contributed by atoms with Crippen molar-refractivity contribution < 1.29 is 27.2 Å². The van der Waals surface area contributed by atoms with E-state index in [0.717, 1.165) is 6.07 Å². The molecule has 0 atom stereocenters. The van der Waals surface area contributed by atoms with Crippen molar-refractivity contribution in [1.29, 1.82) is 0 Å². The number of carboxylic acid groups (broad SMARTS) is 1. The van der Waals surface area contributed by atoms with Crippen LogP contribution in [-0.2, 0) is 16.6 Å². The van der Waals surface area contributed by atoms with Gasteiger partial charge in [-0.15, -0.1) is 0 Å². The maximum Gasteiger partial charge on any atom is 0.371 e. The molecule has 2 aromatic rings. The highest BCUT2D eigenvalue weighted by Crippen LogP contribution is 2.20. The van der Waals surface area contributed by atoms with Crippen molar-refractivity contribution in [3.8, 4) is 0 Å². The fourth-order valence-corrected chi connectivity index (χ4v) is 2.84. The number of hydrogen-bond donors (Lipinski definition) is 2. The van der Waals surface area contributed by atoms with Crippen molar-refractivity contribution >= 4 is 16.0 Å². The van der Waals surface area contributed by atoms with Crippen molar-refractivity contribution in [1.82, 2.24) is 9.71 Å². The molecule has 0 unspecified atom stereocenters. The molecule has 21 heavy (non-hydrogen) atoms. The third-order valence-electron chi connectivity index (χ3n) is 2.86. The van der Waals surface area contributed by atoms with E-state index in [4.69, 9.17) is 13.9 Å². The van der Waals surface area contributed by atoms with E-state index in [1.54, 1.807) is 13.8 Å². The van der Waals surface area contributed by atoms with Crippen LogP contribution in [-0.4, -0.2) is 24.5 Å². The van der Waals surface area contributed by atoms with Crippen molar-refractivity contribution in [2.24, 2.45) is 0 Å². The first-order valence-electron chi connectivity index (χ1n) is 5.97. The second kappa shape index (κ2) is 5.34. The maximum absolute atomic E-state index is 12.1. The first-order chi connectivity index (χ1) is 9.70. The monoisotopic (exact) mass is 314 g/mol. The fraction of sp³-hybridized carbons (Fsp3) is 0.333. The molecule has 0 aliphatic carbocycles. The molecule has 2 rings (SSSR count). The van der Waals surface area contributed by atoms with Crippen LogP contribution in [0.5, 0.6) is 0 Å². The second-order valence-electron chi connectivity index (χ2n) is 4.41. The molecule has 9 heteroatoms. The Morgan fingerprint density at radius 2 is 1.95 bits per heavy atom. The predicted molar refractivity (Wildman–Crippen MR) is 70.4 cm³/mol. The normalized spacial score (nSPS) is 11.8. The second-order valence-corrected chi connectivity index (χ2v) is 6.15. The molecule has 2 heterocycles. The van der Waals surface area contributed by atoms with Gasteiger partial charge in [-0.05, 0) is 20.8 Å². The van der Waals surface area contributed by atoms with Gasteiger partial charge in [-0.2, -0.15) is 0 Å². The Morgan fingerprint density at radius 1 is 1.29 bits per heavy atom. The highest BCUT2D eigenvalue weighted by Gasteiger charge is 2.24. The number of aryl methyl sites for hydroxylation is 3. The number of carboxylic acids is 1. The Labute approximate surface area is 120 Å². The number of nitrogens with zero attached hydrogens (tertiary/aromatic N) is 1. The summed E-state index contributed by atoms with van der Waals surface area (Å²) in [5.74, 6) is -0.932. The molecule has 0 fully saturated rings. The molecule has 0 saturated carbocycles.